The largest absolute Gasteiger partial charge is 0.325 e. The summed E-state index contributed by atoms with van der Waals surface area (Å²) in [6, 6.07) is 3.38. The molecule has 1 aliphatic heterocycles. The lowest BCUT2D eigenvalue weighted by molar-refractivity contribution is -0.113. The molecule has 1 amide bonds. The van der Waals surface area contributed by atoms with E-state index in [0.717, 1.165) is 25.9 Å². The highest BCUT2D eigenvalue weighted by Gasteiger charge is 2.14. The zero-order valence-electron chi connectivity index (χ0n) is 9.99. The van der Waals surface area contributed by atoms with E-state index in [4.69, 9.17) is 11.6 Å². The van der Waals surface area contributed by atoms with Crippen molar-refractivity contribution in [3.05, 3.63) is 23.5 Å². The van der Waals surface area contributed by atoms with E-state index < -0.39 is 0 Å². The minimum absolute atomic E-state index is 0.0146. The van der Waals surface area contributed by atoms with Crippen LogP contribution in [-0.2, 0) is 4.79 Å². The zero-order chi connectivity index (χ0) is 12.8. The third kappa shape index (κ3) is 4.48. The Hall–Kier alpha value is -0.780. The highest BCUT2D eigenvalue weighted by atomic mass is 35.5. The van der Waals surface area contributed by atoms with Crippen LogP contribution in [0.4, 0.5) is 5.69 Å². The molecule has 0 aliphatic carbocycles. The van der Waals surface area contributed by atoms with Crippen molar-refractivity contribution in [2.24, 2.45) is 0 Å². The van der Waals surface area contributed by atoms with Crippen molar-refractivity contribution in [2.45, 2.75) is 18.1 Å². The Kier molecular flexibility index (Phi) is 5.28. The fourth-order valence-electron chi connectivity index (χ4n) is 1.83. The number of thioether (sulfide) groups is 1. The number of hydrogen-bond donors (Lipinski definition) is 2. The number of hydrogen-bond acceptors (Lipinski definition) is 4. The van der Waals surface area contributed by atoms with E-state index in [1.807, 2.05) is 0 Å². The Morgan fingerprint density at radius 3 is 3.06 bits per heavy atom. The summed E-state index contributed by atoms with van der Waals surface area (Å²) >= 11 is 7.48. The van der Waals surface area contributed by atoms with Crippen LogP contribution in [0.15, 0.2) is 18.3 Å². The Balaban J connectivity index is 1.74. The molecule has 0 spiro atoms. The van der Waals surface area contributed by atoms with E-state index in [0.29, 0.717) is 21.8 Å². The van der Waals surface area contributed by atoms with Gasteiger partial charge in [0.2, 0.25) is 5.91 Å². The summed E-state index contributed by atoms with van der Waals surface area (Å²) in [5.74, 6) is 0.505. The average Bonchev–Trinajstić information content (AvgIpc) is 2.38. The number of carbonyl (C=O) groups is 1. The first-order valence-corrected chi connectivity index (χ1v) is 7.40. The molecule has 98 valence electrons. The molecule has 2 heterocycles. The second-order valence-electron chi connectivity index (χ2n) is 4.18. The summed E-state index contributed by atoms with van der Waals surface area (Å²) in [5.41, 5.74) is 0.700. The third-order valence-corrected chi connectivity index (χ3v) is 4.32. The lowest BCUT2D eigenvalue weighted by Gasteiger charge is -2.21. The molecular formula is C12H16ClN3OS. The van der Waals surface area contributed by atoms with Gasteiger partial charge >= 0.3 is 0 Å². The Labute approximate surface area is 116 Å². The van der Waals surface area contributed by atoms with Gasteiger partial charge in [0, 0.05) is 17.1 Å². The number of nitrogens with zero attached hydrogens (tertiary/aromatic N) is 1. The first kappa shape index (κ1) is 13.6. The molecule has 1 aliphatic rings. The molecule has 0 atom stereocenters. The quantitative estimate of drug-likeness (QED) is 0.833. The number of amides is 1. The smallest absolute Gasteiger partial charge is 0.234 e. The van der Waals surface area contributed by atoms with E-state index in [9.17, 15) is 4.79 Å². The Morgan fingerprint density at radius 2 is 2.33 bits per heavy atom. The van der Waals surface area contributed by atoms with Crippen molar-refractivity contribution >= 4 is 35.0 Å². The summed E-state index contributed by atoms with van der Waals surface area (Å²) in [6.45, 7) is 2.11. The van der Waals surface area contributed by atoms with Crippen molar-refractivity contribution < 1.29 is 4.79 Å². The van der Waals surface area contributed by atoms with Crippen molar-refractivity contribution in [3.63, 3.8) is 0 Å². The number of anilines is 1. The van der Waals surface area contributed by atoms with Gasteiger partial charge in [-0.05, 0) is 38.1 Å². The van der Waals surface area contributed by atoms with E-state index in [2.05, 4.69) is 15.6 Å². The van der Waals surface area contributed by atoms with Crippen LogP contribution in [0.5, 0.6) is 0 Å². The van der Waals surface area contributed by atoms with Gasteiger partial charge in [0.1, 0.15) is 5.15 Å². The second kappa shape index (κ2) is 6.97. The van der Waals surface area contributed by atoms with Crippen LogP contribution < -0.4 is 10.6 Å². The highest BCUT2D eigenvalue weighted by molar-refractivity contribution is 8.00. The first-order valence-electron chi connectivity index (χ1n) is 5.98. The van der Waals surface area contributed by atoms with E-state index in [-0.39, 0.29) is 5.91 Å². The molecular weight excluding hydrogens is 270 g/mol. The van der Waals surface area contributed by atoms with Gasteiger partial charge in [-0.25, -0.2) is 4.98 Å². The summed E-state index contributed by atoms with van der Waals surface area (Å²) in [7, 11) is 0. The van der Waals surface area contributed by atoms with Crippen LogP contribution >= 0.6 is 23.4 Å². The number of pyridine rings is 1. The molecule has 2 rings (SSSR count). The highest BCUT2D eigenvalue weighted by Crippen LogP contribution is 2.20. The number of nitrogens with one attached hydrogen (secondary N) is 2. The van der Waals surface area contributed by atoms with Crippen LogP contribution in [0.3, 0.4) is 0 Å². The van der Waals surface area contributed by atoms with Crippen LogP contribution in [-0.4, -0.2) is 35.0 Å². The molecule has 0 radical (unpaired) electrons. The molecule has 18 heavy (non-hydrogen) atoms. The van der Waals surface area contributed by atoms with E-state index >= 15 is 0 Å². The standard InChI is InChI=1S/C12H16ClN3OS/c13-11-7-9(1-6-15-11)16-12(17)8-18-10-2-4-14-5-3-10/h1,6-7,10,14H,2-5,8H2,(H,15,16,17). The third-order valence-electron chi connectivity index (χ3n) is 2.75. The molecule has 1 fully saturated rings. The molecule has 0 bridgehead atoms. The molecule has 1 saturated heterocycles. The van der Waals surface area contributed by atoms with Crippen LogP contribution in [0.2, 0.25) is 5.15 Å². The summed E-state index contributed by atoms with van der Waals surface area (Å²) < 4.78 is 0. The van der Waals surface area contributed by atoms with E-state index in [1.54, 1.807) is 30.1 Å². The number of carbonyl (C=O) groups excluding carboxylic acids is 1. The maximum absolute atomic E-state index is 11.8. The lowest BCUT2D eigenvalue weighted by Crippen LogP contribution is -2.30. The molecule has 0 aromatic carbocycles. The molecule has 0 unspecified atom stereocenters. The van der Waals surface area contributed by atoms with Gasteiger partial charge in [0.25, 0.3) is 0 Å². The monoisotopic (exact) mass is 285 g/mol. The minimum atomic E-state index is 0.0146. The SMILES string of the molecule is O=C(CSC1CCNCC1)Nc1ccnc(Cl)c1. The Morgan fingerprint density at radius 1 is 1.56 bits per heavy atom. The minimum Gasteiger partial charge on any atom is -0.325 e. The predicted octanol–water partition coefficient (Wildman–Crippen LogP) is 2.16. The van der Waals surface area contributed by atoms with Gasteiger partial charge in [-0.15, -0.1) is 11.8 Å². The van der Waals surface area contributed by atoms with Crippen LogP contribution in [0.1, 0.15) is 12.8 Å². The van der Waals surface area contributed by atoms with Crippen molar-refractivity contribution in [1.82, 2.24) is 10.3 Å². The summed E-state index contributed by atoms with van der Waals surface area (Å²) in [5, 5.41) is 7.12. The van der Waals surface area contributed by atoms with Crippen molar-refractivity contribution in [1.29, 1.82) is 0 Å². The fraction of sp³-hybridized carbons (Fsp3) is 0.500. The van der Waals surface area contributed by atoms with Crippen LogP contribution in [0.25, 0.3) is 0 Å². The van der Waals surface area contributed by atoms with Gasteiger partial charge in [0.15, 0.2) is 0 Å². The number of piperidine rings is 1. The predicted molar refractivity (Wildman–Crippen MR) is 76.2 cm³/mol. The number of halogens is 1. The van der Waals surface area contributed by atoms with Gasteiger partial charge < -0.3 is 10.6 Å². The fourth-order valence-corrected chi connectivity index (χ4v) is 3.04. The molecule has 1 aromatic rings. The Bertz CT molecular complexity index is 410. The molecule has 1 aromatic heterocycles. The number of aromatic nitrogens is 1. The zero-order valence-corrected chi connectivity index (χ0v) is 11.6. The molecule has 0 saturated carbocycles. The maximum atomic E-state index is 11.8. The van der Waals surface area contributed by atoms with Crippen molar-refractivity contribution in [3.8, 4) is 0 Å². The maximum Gasteiger partial charge on any atom is 0.234 e. The van der Waals surface area contributed by atoms with Crippen LogP contribution in [0, 0.1) is 0 Å². The summed E-state index contributed by atoms with van der Waals surface area (Å²) in [6.07, 6.45) is 3.86. The lowest BCUT2D eigenvalue weighted by atomic mass is 10.2. The normalized spacial score (nSPS) is 16.5. The molecule has 4 nitrogen and oxygen atoms in total. The van der Waals surface area contributed by atoms with E-state index in [1.165, 1.54) is 0 Å². The average molecular weight is 286 g/mol. The van der Waals surface area contributed by atoms with Gasteiger partial charge in [-0.3, -0.25) is 4.79 Å². The topological polar surface area (TPSA) is 54.0 Å². The number of rotatable bonds is 4. The second-order valence-corrected chi connectivity index (χ2v) is 5.85. The van der Waals surface area contributed by atoms with Crippen molar-refractivity contribution in [2.75, 3.05) is 24.2 Å². The van der Waals surface area contributed by atoms with Gasteiger partial charge in [0.05, 0.1) is 5.75 Å². The summed E-state index contributed by atoms with van der Waals surface area (Å²) in [4.78, 5) is 15.6. The van der Waals surface area contributed by atoms with Gasteiger partial charge in [-0.1, -0.05) is 11.6 Å². The first-order chi connectivity index (χ1) is 8.74. The molecule has 2 N–H and O–H groups in total. The molecule has 6 heteroatoms. The van der Waals surface area contributed by atoms with Gasteiger partial charge in [-0.2, -0.15) is 0 Å².